The predicted molar refractivity (Wildman–Crippen MR) is 132 cm³/mol. The van der Waals surface area contributed by atoms with E-state index in [4.69, 9.17) is 0 Å². The van der Waals surface area contributed by atoms with Crippen LogP contribution in [0, 0.1) is 0 Å². The van der Waals surface area contributed by atoms with Crippen LogP contribution in [0.3, 0.4) is 0 Å². The number of hydrogen-bond donors (Lipinski definition) is 0. The molecule has 0 spiro atoms. The van der Waals surface area contributed by atoms with E-state index >= 15 is 0 Å². The van der Waals surface area contributed by atoms with E-state index in [1.807, 2.05) is 0 Å². The number of thiophene rings is 1. The number of amides is 1. The number of carbonyl (C=O) groups is 1. The molecule has 0 N–H and O–H groups in total. The molecule has 1 aromatic heterocycles. The van der Waals surface area contributed by atoms with Gasteiger partial charge in [-0.2, -0.15) is 16.1 Å². The number of hydrogen-bond acceptors (Lipinski definition) is 6. The Morgan fingerprint density at radius 3 is 2.25 bits per heavy atom. The Morgan fingerprint density at radius 2 is 1.62 bits per heavy atom. The summed E-state index contributed by atoms with van der Waals surface area (Å²) in [5.41, 5.74) is 2.62. The second-order valence-corrected chi connectivity index (χ2v) is 12.6. The number of rotatable bonds is 6. The summed E-state index contributed by atoms with van der Waals surface area (Å²) in [5.74, 6) is 1.97. The van der Waals surface area contributed by atoms with Crippen LogP contribution in [0.1, 0.15) is 40.6 Å². The van der Waals surface area contributed by atoms with Crippen molar-refractivity contribution in [1.29, 1.82) is 0 Å². The van der Waals surface area contributed by atoms with E-state index < -0.39 is 10.0 Å². The molecule has 9 heteroatoms. The number of nitrogens with zero attached hydrogens (tertiary/aromatic N) is 3. The molecule has 3 heterocycles. The normalized spacial score (nSPS) is 18.9. The van der Waals surface area contributed by atoms with Crippen LogP contribution in [-0.4, -0.2) is 79.2 Å². The van der Waals surface area contributed by atoms with Crippen LogP contribution in [0.2, 0.25) is 0 Å². The highest BCUT2D eigenvalue weighted by Gasteiger charge is 2.33. The second kappa shape index (κ2) is 10.3. The summed E-state index contributed by atoms with van der Waals surface area (Å²) < 4.78 is 27.8. The zero-order valence-electron chi connectivity index (χ0n) is 18.7. The summed E-state index contributed by atoms with van der Waals surface area (Å²) >= 11 is 3.00. The minimum absolute atomic E-state index is 0.161. The third-order valence-electron chi connectivity index (χ3n) is 6.12. The first-order valence-corrected chi connectivity index (χ1v) is 14.6. The summed E-state index contributed by atoms with van der Waals surface area (Å²) in [6.07, 6.45) is 0. The van der Waals surface area contributed by atoms with Gasteiger partial charge in [0.05, 0.1) is 0 Å². The molecule has 174 valence electrons. The van der Waals surface area contributed by atoms with Crippen LogP contribution in [0.5, 0.6) is 0 Å². The summed E-state index contributed by atoms with van der Waals surface area (Å²) in [6.45, 7) is 9.07. The summed E-state index contributed by atoms with van der Waals surface area (Å²) in [7, 11) is -3.62. The Morgan fingerprint density at radius 1 is 0.969 bits per heavy atom. The zero-order valence-corrected chi connectivity index (χ0v) is 21.1. The highest BCUT2D eigenvalue weighted by atomic mass is 32.2. The van der Waals surface area contributed by atoms with Gasteiger partial charge in [-0.25, -0.2) is 8.42 Å². The van der Waals surface area contributed by atoms with Crippen molar-refractivity contribution in [3.63, 3.8) is 0 Å². The SMILES string of the molecule is CC(C)c1ccc(CN2CCN(C(=O)c3sccc3S(=O)(=O)N3CCSCC3)CC2)cc1. The smallest absolute Gasteiger partial charge is 0.265 e. The van der Waals surface area contributed by atoms with Crippen molar-refractivity contribution in [3.05, 3.63) is 51.7 Å². The van der Waals surface area contributed by atoms with Gasteiger partial charge in [0.15, 0.2) is 0 Å². The molecular weight excluding hydrogens is 462 g/mol. The summed E-state index contributed by atoms with van der Waals surface area (Å²) in [5, 5.41) is 1.72. The van der Waals surface area contributed by atoms with Gasteiger partial charge in [0.2, 0.25) is 10.0 Å². The average molecular weight is 494 g/mol. The average Bonchev–Trinajstić information content (AvgIpc) is 3.31. The lowest BCUT2D eigenvalue weighted by molar-refractivity contribution is 0.0629. The van der Waals surface area contributed by atoms with E-state index in [1.54, 1.807) is 28.1 Å². The highest BCUT2D eigenvalue weighted by molar-refractivity contribution is 7.99. The van der Waals surface area contributed by atoms with Crippen molar-refractivity contribution in [2.75, 3.05) is 50.8 Å². The first kappa shape index (κ1) is 23.8. The van der Waals surface area contributed by atoms with Crippen LogP contribution >= 0.6 is 23.1 Å². The molecular formula is C23H31N3O3S3. The number of thioether (sulfide) groups is 1. The fourth-order valence-corrected chi connectivity index (χ4v) is 8.04. The Labute approximate surface area is 199 Å². The zero-order chi connectivity index (χ0) is 22.7. The van der Waals surface area contributed by atoms with E-state index in [0.29, 0.717) is 37.0 Å². The van der Waals surface area contributed by atoms with Gasteiger partial charge in [-0.15, -0.1) is 11.3 Å². The fourth-order valence-electron chi connectivity index (χ4n) is 4.10. The third-order valence-corrected chi connectivity index (χ3v) is 10.0. The van der Waals surface area contributed by atoms with E-state index in [0.717, 1.165) is 31.1 Å². The maximum atomic E-state index is 13.2. The number of piperazine rings is 1. The Balaban J connectivity index is 1.37. The number of benzene rings is 1. The molecule has 1 amide bonds. The fraction of sp³-hybridized carbons (Fsp3) is 0.522. The van der Waals surface area contributed by atoms with Crippen molar-refractivity contribution < 1.29 is 13.2 Å². The lowest BCUT2D eigenvalue weighted by Crippen LogP contribution is -2.48. The van der Waals surface area contributed by atoms with Gasteiger partial charge < -0.3 is 4.90 Å². The molecule has 0 aliphatic carbocycles. The molecule has 0 radical (unpaired) electrons. The van der Waals surface area contributed by atoms with Crippen LogP contribution < -0.4 is 0 Å². The van der Waals surface area contributed by atoms with Gasteiger partial charge in [0.25, 0.3) is 5.91 Å². The van der Waals surface area contributed by atoms with E-state index in [9.17, 15) is 13.2 Å². The molecule has 2 fully saturated rings. The Kier molecular flexibility index (Phi) is 7.62. The van der Waals surface area contributed by atoms with Crippen molar-refractivity contribution >= 4 is 39.0 Å². The van der Waals surface area contributed by atoms with Crippen molar-refractivity contribution in [2.24, 2.45) is 0 Å². The molecule has 2 saturated heterocycles. The molecule has 0 unspecified atom stereocenters. The molecule has 0 saturated carbocycles. The Hall–Kier alpha value is -1.39. The largest absolute Gasteiger partial charge is 0.335 e. The molecule has 6 nitrogen and oxygen atoms in total. The van der Waals surface area contributed by atoms with Crippen LogP contribution in [0.15, 0.2) is 40.6 Å². The van der Waals surface area contributed by atoms with Crippen molar-refractivity contribution in [3.8, 4) is 0 Å². The molecule has 4 rings (SSSR count). The maximum Gasteiger partial charge on any atom is 0.265 e. The first-order valence-electron chi connectivity index (χ1n) is 11.1. The molecule has 2 aliphatic heterocycles. The summed E-state index contributed by atoms with van der Waals surface area (Å²) in [6, 6.07) is 10.4. The first-order chi connectivity index (χ1) is 15.4. The minimum atomic E-state index is -3.62. The standard InChI is InChI=1S/C23H31N3O3S3/c1-18(2)20-5-3-19(4-6-20)17-24-8-10-25(11-9-24)23(27)22-21(7-14-31-22)32(28,29)26-12-15-30-16-13-26/h3-7,14,18H,8-13,15-17H2,1-2H3. The molecule has 2 aliphatic rings. The van der Waals surface area contributed by atoms with Gasteiger partial charge >= 0.3 is 0 Å². The van der Waals surface area contributed by atoms with Crippen LogP contribution in [-0.2, 0) is 16.6 Å². The van der Waals surface area contributed by atoms with Crippen LogP contribution in [0.25, 0.3) is 0 Å². The molecule has 1 aromatic carbocycles. The molecule has 32 heavy (non-hydrogen) atoms. The van der Waals surface area contributed by atoms with Crippen molar-refractivity contribution in [2.45, 2.75) is 31.2 Å². The lowest BCUT2D eigenvalue weighted by atomic mass is 10.0. The molecule has 0 bridgehead atoms. The summed E-state index contributed by atoms with van der Waals surface area (Å²) in [4.78, 5) is 17.9. The quantitative estimate of drug-likeness (QED) is 0.616. The molecule has 0 atom stereocenters. The number of carbonyl (C=O) groups excluding carboxylic acids is 1. The van der Waals surface area contributed by atoms with E-state index in [1.165, 1.54) is 26.8 Å². The van der Waals surface area contributed by atoms with E-state index in [-0.39, 0.29) is 10.8 Å². The van der Waals surface area contributed by atoms with Gasteiger partial charge in [-0.1, -0.05) is 38.1 Å². The predicted octanol–water partition coefficient (Wildman–Crippen LogP) is 3.57. The number of sulfonamides is 1. The van der Waals surface area contributed by atoms with Crippen molar-refractivity contribution in [1.82, 2.24) is 14.1 Å². The Bertz CT molecular complexity index is 1020. The molecule has 2 aromatic rings. The van der Waals surface area contributed by atoms with Gasteiger partial charge in [-0.3, -0.25) is 9.69 Å². The van der Waals surface area contributed by atoms with Gasteiger partial charge in [-0.05, 0) is 28.5 Å². The van der Waals surface area contributed by atoms with Gasteiger partial charge in [0, 0.05) is 57.3 Å². The maximum absolute atomic E-state index is 13.2. The van der Waals surface area contributed by atoms with E-state index in [2.05, 4.69) is 43.0 Å². The monoisotopic (exact) mass is 493 g/mol. The van der Waals surface area contributed by atoms with Gasteiger partial charge in [0.1, 0.15) is 9.77 Å². The lowest BCUT2D eigenvalue weighted by Gasteiger charge is -2.35. The van der Waals surface area contributed by atoms with Crippen LogP contribution in [0.4, 0.5) is 0 Å². The third kappa shape index (κ3) is 5.22. The minimum Gasteiger partial charge on any atom is -0.335 e. The second-order valence-electron chi connectivity index (χ2n) is 8.60. The topological polar surface area (TPSA) is 60.9 Å². The highest BCUT2D eigenvalue weighted by Crippen LogP contribution is 2.28.